The Balaban J connectivity index is 1.67. The summed E-state index contributed by atoms with van der Waals surface area (Å²) in [7, 11) is 0. The van der Waals surface area contributed by atoms with E-state index in [1.165, 1.54) is 4.70 Å². The van der Waals surface area contributed by atoms with Gasteiger partial charge < -0.3 is 5.32 Å². The van der Waals surface area contributed by atoms with Crippen LogP contribution in [0.3, 0.4) is 0 Å². The Morgan fingerprint density at radius 1 is 1.50 bits per heavy atom. The summed E-state index contributed by atoms with van der Waals surface area (Å²) in [5, 5.41) is 12.4. The number of thiazole rings is 1. The molecule has 3 rings (SSSR count). The summed E-state index contributed by atoms with van der Waals surface area (Å²) >= 11 is 1.72. The number of fused-ring (bicyclic) bond motifs is 1. The highest BCUT2D eigenvalue weighted by atomic mass is 32.1. The van der Waals surface area contributed by atoms with E-state index < -0.39 is 0 Å². The van der Waals surface area contributed by atoms with Gasteiger partial charge in [-0.1, -0.05) is 12.1 Å². The number of nitrogens with one attached hydrogen (secondary N) is 1. The molecular weight excluding hydrogens is 296 g/mol. The first kappa shape index (κ1) is 14.9. The van der Waals surface area contributed by atoms with Crippen LogP contribution < -0.4 is 5.32 Å². The molecule has 1 aromatic heterocycles. The van der Waals surface area contributed by atoms with Gasteiger partial charge in [0.05, 0.1) is 35.3 Å². The molecule has 1 aliphatic heterocycles. The van der Waals surface area contributed by atoms with Gasteiger partial charge in [-0.2, -0.15) is 5.26 Å². The first-order chi connectivity index (χ1) is 10.8. The van der Waals surface area contributed by atoms with E-state index in [9.17, 15) is 4.79 Å². The summed E-state index contributed by atoms with van der Waals surface area (Å²) in [6, 6.07) is 10.4. The minimum Gasteiger partial charge on any atom is -0.354 e. The van der Waals surface area contributed by atoms with Crippen LogP contribution in [0.15, 0.2) is 24.3 Å². The lowest BCUT2D eigenvalue weighted by Crippen LogP contribution is -2.37. The number of aromatic nitrogens is 1. The van der Waals surface area contributed by atoms with Crippen LogP contribution in [-0.2, 0) is 4.79 Å². The quantitative estimate of drug-likeness (QED) is 0.861. The van der Waals surface area contributed by atoms with Gasteiger partial charge in [0.1, 0.15) is 5.01 Å². The fraction of sp³-hybridized carbons (Fsp3) is 0.438. The molecule has 1 aliphatic rings. The maximum Gasteiger partial charge on any atom is 0.234 e. The molecule has 0 unspecified atom stereocenters. The zero-order valence-electron chi connectivity index (χ0n) is 12.3. The number of carbonyl (C=O) groups is 1. The van der Waals surface area contributed by atoms with Crippen LogP contribution >= 0.6 is 11.3 Å². The Kier molecular flexibility index (Phi) is 4.66. The summed E-state index contributed by atoms with van der Waals surface area (Å²) < 4.78 is 1.20. The number of benzene rings is 1. The van der Waals surface area contributed by atoms with Crippen LogP contribution in [0.25, 0.3) is 10.2 Å². The van der Waals surface area contributed by atoms with Gasteiger partial charge in [-0.3, -0.25) is 9.69 Å². The van der Waals surface area contributed by atoms with Crippen molar-refractivity contribution in [3.05, 3.63) is 29.3 Å². The summed E-state index contributed by atoms with van der Waals surface area (Å²) in [5.74, 6) is -0.0109. The predicted molar refractivity (Wildman–Crippen MR) is 86.4 cm³/mol. The van der Waals surface area contributed by atoms with E-state index in [0.717, 1.165) is 29.9 Å². The summed E-state index contributed by atoms with van der Waals surface area (Å²) in [6.45, 7) is 1.73. The molecule has 2 heterocycles. The number of para-hydroxylation sites is 1. The Morgan fingerprint density at radius 2 is 2.36 bits per heavy atom. The van der Waals surface area contributed by atoms with Gasteiger partial charge in [0.15, 0.2) is 0 Å². The van der Waals surface area contributed by atoms with Gasteiger partial charge in [-0.25, -0.2) is 4.98 Å². The topological polar surface area (TPSA) is 69.0 Å². The molecule has 0 bridgehead atoms. The number of likely N-dealkylation sites (tertiary alicyclic amines) is 1. The van der Waals surface area contributed by atoms with E-state index in [2.05, 4.69) is 16.3 Å². The molecule has 1 saturated heterocycles. The molecule has 1 atom stereocenters. The summed E-state index contributed by atoms with van der Waals surface area (Å²) in [6.07, 6.45) is 2.49. The molecule has 0 saturated carbocycles. The second-order valence-electron chi connectivity index (χ2n) is 5.41. The number of hydrogen-bond donors (Lipinski definition) is 1. The van der Waals surface area contributed by atoms with Gasteiger partial charge in [-0.15, -0.1) is 11.3 Å². The highest BCUT2D eigenvalue weighted by molar-refractivity contribution is 7.18. The lowest BCUT2D eigenvalue weighted by atomic mass is 10.2. The number of hydrogen-bond acceptors (Lipinski definition) is 5. The monoisotopic (exact) mass is 314 g/mol. The molecule has 2 aromatic rings. The van der Waals surface area contributed by atoms with Crippen LogP contribution in [0.5, 0.6) is 0 Å². The number of amides is 1. The third-order valence-electron chi connectivity index (χ3n) is 3.86. The third kappa shape index (κ3) is 3.26. The van der Waals surface area contributed by atoms with Crippen molar-refractivity contribution in [2.75, 3.05) is 19.6 Å². The van der Waals surface area contributed by atoms with E-state index in [1.807, 2.05) is 24.3 Å². The second-order valence-corrected chi connectivity index (χ2v) is 6.47. The Labute approximate surface area is 133 Å². The van der Waals surface area contributed by atoms with Crippen LogP contribution in [0.1, 0.15) is 30.3 Å². The first-order valence-electron chi connectivity index (χ1n) is 7.51. The van der Waals surface area contributed by atoms with Crippen molar-refractivity contribution in [1.29, 1.82) is 5.26 Å². The highest BCUT2D eigenvalue weighted by Gasteiger charge is 2.29. The zero-order chi connectivity index (χ0) is 15.4. The molecule has 1 aromatic carbocycles. The molecule has 1 amide bonds. The van der Waals surface area contributed by atoms with E-state index in [4.69, 9.17) is 10.2 Å². The maximum absolute atomic E-state index is 11.9. The fourth-order valence-corrected chi connectivity index (χ4v) is 3.96. The van der Waals surface area contributed by atoms with Crippen LogP contribution in [0, 0.1) is 11.3 Å². The zero-order valence-corrected chi connectivity index (χ0v) is 13.1. The van der Waals surface area contributed by atoms with Crippen molar-refractivity contribution in [2.24, 2.45) is 0 Å². The van der Waals surface area contributed by atoms with Gasteiger partial charge in [-0.05, 0) is 31.5 Å². The van der Waals surface area contributed by atoms with Crippen molar-refractivity contribution in [3.63, 3.8) is 0 Å². The molecule has 0 aliphatic carbocycles. The number of nitrogens with zero attached hydrogens (tertiary/aromatic N) is 3. The second kappa shape index (κ2) is 6.86. The van der Waals surface area contributed by atoms with Gasteiger partial charge in [0.2, 0.25) is 5.91 Å². The van der Waals surface area contributed by atoms with Crippen molar-refractivity contribution < 1.29 is 4.79 Å². The smallest absolute Gasteiger partial charge is 0.234 e. The fourth-order valence-electron chi connectivity index (χ4n) is 2.83. The van der Waals surface area contributed by atoms with E-state index in [0.29, 0.717) is 19.5 Å². The molecule has 5 nitrogen and oxygen atoms in total. The summed E-state index contributed by atoms with van der Waals surface area (Å²) in [4.78, 5) is 18.9. The molecule has 0 spiro atoms. The lowest BCUT2D eigenvalue weighted by Gasteiger charge is -2.21. The van der Waals surface area contributed by atoms with Crippen molar-refractivity contribution >= 4 is 27.5 Å². The SMILES string of the molecule is N#CCCNC(=O)CN1CCC[C@H]1c1nc2ccccc2s1. The average molecular weight is 314 g/mol. The first-order valence-corrected chi connectivity index (χ1v) is 8.33. The Hall–Kier alpha value is -1.97. The molecule has 1 fully saturated rings. The minimum atomic E-state index is -0.0109. The van der Waals surface area contributed by atoms with Crippen molar-refractivity contribution in [1.82, 2.24) is 15.2 Å². The number of rotatable bonds is 5. The number of nitriles is 1. The molecule has 0 radical (unpaired) electrons. The Morgan fingerprint density at radius 3 is 3.18 bits per heavy atom. The minimum absolute atomic E-state index is 0.0109. The average Bonchev–Trinajstić information content (AvgIpc) is 3.13. The van der Waals surface area contributed by atoms with E-state index in [1.54, 1.807) is 11.3 Å². The van der Waals surface area contributed by atoms with Crippen LogP contribution in [-0.4, -0.2) is 35.4 Å². The van der Waals surface area contributed by atoms with E-state index >= 15 is 0 Å². The molecule has 114 valence electrons. The largest absolute Gasteiger partial charge is 0.354 e. The predicted octanol–water partition coefficient (Wildman–Crippen LogP) is 2.46. The van der Waals surface area contributed by atoms with Gasteiger partial charge in [0, 0.05) is 6.54 Å². The molecular formula is C16H18N4OS. The van der Waals surface area contributed by atoms with Crippen molar-refractivity contribution in [2.45, 2.75) is 25.3 Å². The van der Waals surface area contributed by atoms with E-state index in [-0.39, 0.29) is 11.9 Å². The normalized spacial score (nSPS) is 18.4. The Bertz CT molecular complexity index is 672. The van der Waals surface area contributed by atoms with Crippen molar-refractivity contribution in [3.8, 4) is 6.07 Å². The molecule has 1 N–H and O–H groups in total. The van der Waals surface area contributed by atoms with Gasteiger partial charge >= 0.3 is 0 Å². The maximum atomic E-state index is 11.9. The summed E-state index contributed by atoms with van der Waals surface area (Å²) in [5.41, 5.74) is 1.04. The molecule has 22 heavy (non-hydrogen) atoms. The van der Waals surface area contributed by atoms with Crippen LogP contribution in [0.2, 0.25) is 0 Å². The van der Waals surface area contributed by atoms with Crippen LogP contribution in [0.4, 0.5) is 0 Å². The molecule has 6 heteroatoms. The highest BCUT2D eigenvalue weighted by Crippen LogP contribution is 2.35. The lowest BCUT2D eigenvalue weighted by molar-refractivity contribution is -0.122. The van der Waals surface area contributed by atoms with Gasteiger partial charge in [0.25, 0.3) is 0 Å². The number of carbonyl (C=O) groups excluding carboxylic acids is 1. The standard InChI is InChI=1S/C16H18N4OS/c17-8-4-9-18-15(21)11-20-10-3-6-13(20)16-19-12-5-1-2-7-14(12)22-16/h1-2,5,7,13H,3-4,6,9-11H2,(H,18,21)/t13-/m0/s1. The third-order valence-corrected chi connectivity index (χ3v) is 5.00.